The Balaban J connectivity index is 1.66. The third-order valence-corrected chi connectivity index (χ3v) is 4.84. The van der Waals surface area contributed by atoms with Gasteiger partial charge >= 0.3 is 0 Å². The van der Waals surface area contributed by atoms with E-state index in [1.807, 2.05) is 36.6 Å². The summed E-state index contributed by atoms with van der Waals surface area (Å²) in [5, 5.41) is 2.99. The number of amides is 1. The highest BCUT2D eigenvalue weighted by atomic mass is 32.1. The Morgan fingerprint density at radius 2 is 2.19 bits per heavy atom. The molecule has 1 aliphatic carbocycles. The van der Waals surface area contributed by atoms with E-state index in [2.05, 4.69) is 4.98 Å². The molecule has 1 aliphatic heterocycles. The van der Waals surface area contributed by atoms with E-state index < -0.39 is 0 Å². The van der Waals surface area contributed by atoms with E-state index in [0.717, 1.165) is 16.4 Å². The molecule has 0 saturated heterocycles. The highest BCUT2D eigenvalue weighted by Gasteiger charge is 2.31. The minimum atomic E-state index is -0.0271. The highest BCUT2D eigenvalue weighted by Crippen LogP contribution is 2.41. The van der Waals surface area contributed by atoms with E-state index in [1.54, 1.807) is 16.2 Å². The molecule has 1 saturated carbocycles. The zero-order chi connectivity index (χ0) is 14.4. The number of anilines is 1. The van der Waals surface area contributed by atoms with Crippen molar-refractivity contribution in [3.63, 3.8) is 0 Å². The maximum absolute atomic E-state index is 12.8. The second-order valence-corrected chi connectivity index (χ2v) is 6.55. The van der Waals surface area contributed by atoms with E-state index in [1.165, 1.54) is 12.8 Å². The van der Waals surface area contributed by atoms with Crippen molar-refractivity contribution in [3.05, 3.63) is 40.3 Å². The van der Waals surface area contributed by atoms with E-state index in [0.29, 0.717) is 18.2 Å². The van der Waals surface area contributed by atoms with Gasteiger partial charge in [-0.2, -0.15) is 0 Å². The number of hydrogen-bond acceptors (Lipinski definition) is 4. The van der Waals surface area contributed by atoms with Crippen LogP contribution < -0.4 is 9.64 Å². The SMILES string of the molecule is CC1CN(C(=O)c2csc(C3CC3)n2)c2ccccc2O1. The average molecular weight is 300 g/mol. The van der Waals surface area contributed by atoms with Crippen LogP contribution in [0.1, 0.15) is 41.2 Å². The average Bonchev–Trinajstić information content (AvgIpc) is 3.23. The summed E-state index contributed by atoms with van der Waals surface area (Å²) in [5.41, 5.74) is 1.40. The van der Waals surface area contributed by atoms with Crippen molar-refractivity contribution in [1.82, 2.24) is 4.98 Å². The molecule has 0 N–H and O–H groups in total. The zero-order valence-corrected chi connectivity index (χ0v) is 12.6. The molecule has 1 fully saturated rings. The molecular weight excluding hydrogens is 284 g/mol. The minimum Gasteiger partial charge on any atom is -0.487 e. The van der Waals surface area contributed by atoms with Gasteiger partial charge in [0.1, 0.15) is 17.5 Å². The van der Waals surface area contributed by atoms with Crippen LogP contribution in [0.5, 0.6) is 5.75 Å². The number of para-hydroxylation sites is 2. The van der Waals surface area contributed by atoms with Gasteiger partial charge in [0.05, 0.1) is 17.2 Å². The number of thiazole rings is 1. The van der Waals surface area contributed by atoms with E-state index >= 15 is 0 Å². The third-order valence-electron chi connectivity index (χ3n) is 3.84. The Morgan fingerprint density at radius 1 is 1.38 bits per heavy atom. The van der Waals surface area contributed by atoms with E-state index in [4.69, 9.17) is 4.74 Å². The summed E-state index contributed by atoms with van der Waals surface area (Å²) in [4.78, 5) is 19.1. The lowest BCUT2D eigenvalue weighted by Crippen LogP contribution is -2.42. The predicted molar refractivity (Wildman–Crippen MR) is 82.3 cm³/mol. The maximum atomic E-state index is 12.8. The lowest BCUT2D eigenvalue weighted by Gasteiger charge is -2.32. The van der Waals surface area contributed by atoms with Crippen molar-refractivity contribution in [2.45, 2.75) is 31.8 Å². The number of hydrogen-bond donors (Lipinski definition) is 0. The van der Waals surface area contributed by atoms with Crippen molar-refractivity contribution in [2.24, 2.45) is 0 Å². The zero-order valence-electron chi connectivity index (χ0n) is 11.8. The highest BCUT2D eigenvalue weighted by molar-refractivity contribution is 7.10. The van der Waals surface area contributed by atoms with Gasteiger partial charge < -0.3 is 4.74 Å². The van der Waals surface area contributed by atoms with Gasteiger partial charge in [-0.05, 0) is 31.9 Å². The Kier molecular flexibility index (Phi) is 2.96. The molecule has 1 unspecified atom stereocenters. The summed E-state index contributed by atoms with van der Waals surface area (Å²) in [6.45, 7) is 2.54. The van der Waals surface area contributed by atoms with Crippen LogP contribution in [-0.2, 0) is 0 Å². The molecule has 4 nitrogen and oxygen atoms in total. The first-order valence-corrected chi connectivity index (χ1v) is 8.13. The molecular formula is C16H16N2O2S. The van der Waals surface area contributed by atoms with Crippen LogP contribution in [0.4, 0.5) is 5.69 Å². The first kappa shape index (κ1) is 12.8. The molecule has 5 heteroatoms. The summed E-state index contributed by atoms with van der Waals surface area (Å²) >= 11 is 1.60. The van der Waals surface area contributed by atoms with Gasteiger partial charge in [-0.1, -0.05) is 12.1 Å². The first-order valence-electron chi connectivity index (χ1n) is 7.25. The topological polar surface area (TPSA) is 42.4 Å². The molecule has 2 aliphatic rings. The number of carbonyl (C=O) groups excluding carboxylic acids is 1. The van der Waals surface area contributed by atoms with Crippen LogP contribution in [0.25, 0.3) is 0 Å². The molecule has 0 bridgehead atoms. The number of aromatic nitrogens is 1. The second-order valence-electron chi connectivity index (χ2n) is 5.66. The van der Waals surface area contributed by atoms with Crippen LogP contribution in [-0.4, -0.2) is 23.5 Å². The number of carbonyl (C=O) groups is 1. The molecule has 1 atom stereocenters. The Morgan fingerprint density at radius 3 is 3.00 bits per heavy atom. The van der Waals surface area contributed by atoms with Gasteiger partial charge in [-0.25, -0.2) is 4.98 Å². The van der Waals surface area contributed by atoms with Crippen molar-refractivity contribution >= 4 is 22.9 Å². The number of nitrogens with zero attached hydrogens (tertiary/aromatic N) is 2. The van der Waals surface area contributed by atoms with Crippen molar-refractivity contribution < 1.29 is 9.53 Å². The largest absolute Gasteiger partial charge is 0.487 e. The summed E-state index contributed by atoms with van der Waals surface area (Å²) in [7, 11) is 0. The summed E-state index contributed by atoms with van der Waals surface area (Å²) in [5.74, 6) is 1.33. The molecule has 1 aromatic carbocycles. The molecule has 4 rings (SSSR count). The Hall–Kier alpha value is -1.88. The smallest absolute Gasteiger partial charge is 0.277 e. The molecule has 0 spiro atoms. The molecule has 108 valence electrons. The molecule has 1 amide bonds. The number of fused-ring (bicyclic) bond motifs is 1. The minimum absolute atomic E-state index is 0.00890. The van der Waals surface area contributed by atoms with Gasteiger partial charge in [0.25, 0.3) is 5.91 Å². The molecule has 0 radical (unpaired) electrons. The fourth-order valence-electron chi connectivity index (χ4n) is 2.62. The van der Waals surface area contributed by atoms with Crippen molar-refractivity contribution in [2.75, 3.05) is 11.4 Å². The number of benzene rings is 1. The van der Waals surface area contributed by atoms with Gasteiger partial charge in [0.15, 0.2) is 0 Å². The predicted octanol–water partition coefficient (Wildman–Crippen LogP) is 3.45. The van der Waals surface area contributed by atoms with E-state index in [9.17, 15) is 4.79 Å². The van der Waals surface area contributed by atoms with Crippen LogP contribution in [0.2, 0.25) is 0 Å². The lowest BCUT2D eigenvalue weighted by molar-refractivity contribution is 0.0957. The molecule has 21 heavy (non-hydrogen) atoms. The normalized spacial score (nSPS) is 20.8. The number of rotatable bonds is 2. The van der Waals surface area contributed by atoms with Crippen molar-refractivity contribution in [1.29, 1.82) is 0 Å². The molecule has 2 heterocycles. The summed E-state index contributed by atoms with van der Waals surface area (Å²) in [6.07, 6.45) is 2.40. The summed E-state index contributed by atoms with van der Waals surface area (Å²) < 4.78 is 5.79. The standard InChI is InChI=1S/C16H16N2O2S/c1-10-8-18(13-4-2-3-5-14(13)20-10)16(19)12-9-21-15(17-12)11-6-7-11/h2-5,9-11H,6-8H2,1H3. The monoisotopic (exact) mass is 300 g/mol. The first-order chi connectivity index (χ1) is 10.2. The van der Waals surface area contributed by atoms with Crippen molar-refractivity contribution in [3.8, 4) is 5.75 Å². The van der Waals surface area contributed by atoms with Gasteiger partial charge in [0.2, 0.25) is 0 Å². The quantitative estimate of drug-likeness (QED) is 0.853. The van der Waals surface area contributed by atoms with Crippen LogP contribution in [0, 0.1) is 0 Å². The Bertz CT molecular complexity index is 693. The second kappa shape index (κ2) is 4.84. The molecule has 1 aromatic heterocycles. The van der Waals surface area contributed by atoms with Gasteiger partial charge in [-0.3, -0.25) is 9.69 Å². The van der Waals surface area contributed by atoms with Crippen LogP contribution in [0.3, 0.4) is 0 Å². The fraction of sp³-hybridized carbons (Fsp3) is 0.375. The lowest BCUT2D eigenvalue weighted by atomic mass is 10.2. The van der Waals surface area contributed by atoms with Gasteiger partial charge in [0, 0.05) is 11.3 Å². The van der Waals surface area contributed by atoms with Crippen LogP contribution >= 0.6 is 11.3 Å². The van der Waals surface area contributed by atoms with E-state index in [-0.39, 0.29) is 12.0 Å². The fourth-order valence-corrected chi connectivity index (χ4v) is 3.59. The maximum Gasteiger partial charge on any atom is 0.277 e. The van der Waals surface area contributed by atoms with Crippen LogP contribution in [0.15, 0.2) is 29.6 Å². The number of ether oxygens (including phenoxy) is 1. The Labute approximate surface area is 127 Å². The third kappa shape index (κ3) is 2.31. The van der Waals surface area contributed by atoms with Gasteiger partial charge in [-0.15, -0.1) is 11.3 Å². The molecule has 2 aromatic rings. The summed E-state index contributed by atoms with van der Waals surface area (Å²) in [6, 6.07) is 7.68.